The minimum Gasteiger partial charge on any atom is -0.324 e. The van der Waals surface area contributed by atoms with E-state index in [1.165, 1.54) is 36.0 Å². The number of nitrogens with one attached hydrogen (secondary N) is 3. The fourth-order valence-electron chi connectivity index (χ4n) is 3.80. The van der Waals surface area contributed by atoms with Crippen LogP contribution in [0, 0.1) is 10.1 Å². The smallest absolute Gasteiger partial charge is 0.276 e. The summed E-state index contributed by atoms with van der Waals surface area (Å²) in [5.74, 6) is -1.57. The zero-order valence-electron chi connectivity index (χ0n) is 22.5. The van der Waals surface area contributed by atoms with Crippen molar-refractivity contribution in [1.82, 2.24) is 5.32 Å². The largest absolute Gasteiger partial charge is 0.324 e. The number of amides is 3. The van der Waals surface area contributed by atoms with Gasteiger partial charge in [0, 0.05) is 27.2 Å². The molecule has 0 aliphatic carbocycles. The van der Waals surface area contributed by atoms with E-state index in [0.29, 0.717) is 31.9 Å². The quantitative estimate of drug-likeness (QED) is 0.0719. The van der Waals surface area contributed by atoms with Crippen LogP contribution >= 0.6 is 35.0 Å². The van der Waals surface area contributed by atoms with E-state index >= 15 is 0 Å². The summed E-state index contributed by atoms with van der Waals surface area (Å²) in [5, 5.41) is 19.9. The fraction of sp³-hybridized carbons (Fsp3) is 0.0645. The van der Waals surface area contributed by atoms with Crippen molar-refractivity contribution in [2.24, 2.45) is 0 Å². The SMILES string of the molecule is CC(Sc1cccc(NC(=O)/C(=C\c2ccccc2[N+](=O)[O-])NC(=O)c2ccccc2)c1)C(=O)Nc1cc(Cl)ccc1Cl. The van der Waals surface area contributed by atoms with E-state index in [0.717, 1.165) is 0 Å². The molecule has 0 fully saturated rings. The standard InChI is InChI=1S/C31H24Cl2N4O5S/c1-19(29(38)35-26-17-22(32)14-15-25(26)33)43-24-12-7-11-23(18-24)34-31(40)27(36-30(39)20-8-3-2-4-9-20)16-21-10-5-6-13-28(21)37(41)42/h2-19H,1H3,(H,34,40)(H,35,38)(H,36,39)/b27-16+. The van der Waals surface area contributed by atoms with E-state index in [9.17, 15) is 24.5 Å². The fourth-order valence-corrected chi connectivity index (χ4v) is 5.07. The Hall–Kier alpha value is -4.64. The van der Waals surface area contributed by atoms with E-state index in [1.54, 1.807) is 85.8 Å². The van der Waals surface area contributed by atoms with Gasteiger partial charge in [0.25, 0.3) is 17.5 Å². The van der Waals surface area contributed by atoms with Crippen LogP contribution in [0.25, 0.3) is 6.08 Å². The van der Waals surface area contributed by atoms with Crippen LogP contribution in [-0.4, -0.2) is 27.9 Å². The molecule has 4 aromatic carbocycles. The lowest BCUT2D eigenvalue weighted by molar-refractivity contribution is -0.385. The second kappa shape index (κ2) is 14.5. The van der Waals surface area contributed by atoms with Crippen LogP contribution in [0.3, 0.4) is 0 Å². The number of nitrogens with zero attached hydrogens (tertiary/aromatic N) is 1. The van der Waals surface area contributed by atoms with Crippen molar-refractivity contribution in [1.29, 1.82) is 0 Å². The van der Waals surface area contributed by atoms with Crippen LogP contribution in [0.4, 0.5) is 17.1 Å². The first-order valence-electron chi connectivity index (χ1n) is 12.8. The van der Waals surface area contributed by atoms with Crippen molar-refractivity contribution in [3.8, 4) is 0 Å². The summed E-state index contributed by atoms with van der Waals surface area (Å²) in [6.07, 6.45) is 1.25. The minimum absolute atomic E-state index is 0.134. The van der Waals surface area contributed by atoms with E-state index in [-0.39, 0.29) is 22.9 Å². The molecule has 0 aromatic heterocycles. The summed E-state index contributed by atoms with van der Waals surface area (Å²) in [7, 11) is 0. The molecule has 3 N–H and O–H groups in total. The lowest BCUT2D eigenvalue weighted by Gasteiger charge is -2.15. The molecule has 3 amide bonds. The maximum Gasteiger partial charge on any atom is 0.276 e. The number of halogens is 2. The maximum absolute atomic E-state index is 13.4. The molecule has 0 heterocycles. The molecule has 9 nitrogen and oxygen atoms in total. The van der Waals surface area contributed by atoms with Gasteiger partial charge in [-0.3, -0.25) is 24.5 Å². The topological polar surface area (TPSA) is 130 Å². The molecule has 1 unspecified atom stereocenters. The van der Waals surface area contributed by atoms with E-state index in [1.807, 2.05) is 0 Å². The van der Waals surface area contributed by atoms with Gasteiger partial charge in [-0.15, -0.1) is 11.8 Å². The Morgan fingerprint density at radius 2 is 1.60 bits per heavy atom. The number of benzene rings is 4. The molecule has 0 spiro atoms. The van der Waals surface area contributed by atoms with Crippen molar-refractivity contribution >= 4 is 75.8 Å². The predicted octanol–water partition coefficient (Wildman–Crippen LogP) is 7.43. The first-order chi connectivity index (χ1) is 20.6. The summed E-state index contributed by atoms with van der Waals surface area (Å²) < 4.78 is 0. The zero-order valence-corrected chi connectivity index (χ0v) is 24.9. The van der Waals surface area contributed by atoms with Crippen LogP contribution in [0.15, 0.2) is 108 Å². The number of nitro groups is 1. The van der Waals surface area contributed by atoms with Gasteiger partial charge in [0.05, 0.1) is 26.4 Å². The molecule has 0 aliphatic heterocycles. The lowest BCUT2D eigenvalue weighted by Crippen LogP contribution is -2.30. The van der Waals surface area contributed by atoms with Gasteiger partial charge in [-0.05, 0) is 67.6 Å². The Morgan fingerprint density at radius 3 is 2.35 bits per heavy atom. The molecule has 43 heavy (non-hydrogen) atoms. The molecule has 1 atom stereocenters. The number of rotatable bonds is 10. The summed E-state index contributed by atoms with van der Waals surface area (Å²) in [6, 6.07) is 25.7. The number of hydrogen-bond donors (Lipinski definition) is 3. The van der Waals surface area contributed by atoms with Crippen molar-refractivity contribution in [2.75, 3.05) is 10.6 Å². The Balaban J connectivity index is 1.53. The highest BCUT2D eigenvalue weighted by Crippen LogP contribution is 2.29. The summed E-state index contributed by atoms with van der Waals surface area (Å²) in [6.45, 7) is 1.72. The van der Waals surface area contributed by atoms with Crippen molar-refractivity contribution < 1.29 is 19.3 Å². The highest BCUT2D eigenvalue weighted by molar-refractivity contribution is 8.00. The summed E-state index contributed by atoms with van der Waals surface area (Å²) in [4.78, 5) is 50.8. The van der Waals surface area contributed by atoms with Gasteiger partial charge in [0.15, 0.2) is 0 Å². The van der Waals surface area contributed by atoms with Crippen LogP contribution in [0.1, 0.15) is 22.8 Å². The highest BCUT2D eigenvalue weighted by Gasteiger charge is 2.20. The van der Waals surface area contributed by atoms with Gasteiger partial charge < -0.3 is 16.0 Å². The number of thioether (sulfide) groups is 1. The number of hydrogen-bond acceptors (Lipinski definition) is 6. The molecule has 4 aromatic rings. The summed E-state index contributed by atoms with van der Waals surface area (Å²) in [5.41, 5.74) is 0.772. The number of anilines is 2. The molecule has 218 valence electrons. The number of nitro benzene ring substituents is 1. The maximum atomic E-state index is 13.4. The molecule has 0 radical (unpaired) electrons. The van der Waals surface area contributed by atoms with E-state index in [2.05, 4.69) is 16.0 Å². The van der Waals surface area contributed by atoms with Gasteiger partial charge in [0.2, 0.25) is 5.91 Å². The number of para-hydroxylation sites is 1. The van der Waals surface area contributed by atoms with E-state index < -0.39 is 22.0 Å². The number of carbonyl (C=O) groups is 3. The van der Waals surface area contributed by atoms with E-state index in [4.69, 9.17) is 23.2 Å². The predicted molar refractivity (Wildman–Crippen MR) is 170 cm³/mol. The summed E-state index contributed by atoms with van der Waals surface area (Å²) >= 11 is 13.4. The monoisotopic (exact) mass is 634 g/mol. The molecule has 0 saturated heterocycles. The zero-order chi connectivity index (χ0) is 30.9. The lowest BCUT2D eigenvalue weighted by atomic mass is 10.1. The average Bonchev–Trinajstić information content (AvgIpc) is 2.99. The van der Waals surface area contributed by atoms with Crippen molar-refractivity contribution in [3.05, 3.63) is 134 Å². The normalized spacial score (nSPS) is 11.7. The average molecular weight is 636 g/mol. The molecule has 0 aliphatic rings. The molecule has 12 heteroatoms. The second-order valence-corrected chi connectivity index (χ2v) is 11.3. The Morgan fingerprint density at radius 1 is 0.884 bits per heavy atom. The van der Waals surface area contributed by atoms with Gasteiger partial charge in [0.1, 0.15) is 5.70 Å². The Labute approximate surface area is 261 Å². The Bertz CT molecular complexity index is 1720. The Kier molecular flexibility index (Phi) is 10.6. The van der Waals surface area contributed by atoms with Crippen LogP contribution in [0.5, 0.6) is 0 Å². The van der Waals surface area contributed by atoms with Crippen molar-refractivity contribution in [2.45, 2.75) is 17.1 Å². The van der Waals surface area contributed by atoms with Gasteiger partial charge in [-0.2, -0.15) is 0 Å². The van der Waals surface area contributed by atoms with Gasteiger partial charge in [-0.1, -0.05) is 59.6 Å². The third kappa shape index (κ3) is 8.68. The minimum atomic E-state index is -0.703. The van der Waals surface area contributed by atoms with Crippen LogP contribution < -0.4 is 16.0 Å². The third-order valence-corrected chi connectivity index (χ3v) is 7.58. The number of carbonyl (C=O) groups excluding carboxylic acids is 3. The van der Waals surface area contributed by atoms with Gasteiger partial charge in [-0.25, -0.2) is 0 Å². The first-order valence-corrected chi connectivity index (χ1v) is 14.4. The van der Waals surface area contributed by atoms with Gasteiger partial charge >= 0.3 is 0 Å². The second-order valence-electron chi connectivity index (χ2n) is 9.05. The molecular formula is C31H24Cl2N4O5S. The first kappa shape index (κ1) is 31.3. The van der Waals surface area contributed by atoms with Crippen LogP contribution in [0.2, 0.25) is 10.0 Å². The van der Waals surface area contributed by atoms with Crippen LogP contribution in [-0.2, 0) is 9.59 Å². The molecular weight excluding hydrogens is 611 g/mol. The van der Waals surface area contributed by atoms with Crippen molar-refractivity contribution in [3.63, 3.8) is 0 Å². The highest BCUT2D eigenvalue weighted by atomic mass is 35.5. The molecule has 0 saturated carbocycles. The molecule has 4 rings (SSSR count). The molecule has 0 bridgehead atoms. The third-order valence-electron chi connectivity index (χ3n) is 5.92.